The Labute approximate surface area is 170 Å². The number of fused-ring (bicyclic) bond motifs is 1. The fourth-order valence-corrected chi connectivity index (χ4v) is 4.06. The smallest absolute Gasteiger partial charge is 0.415 e. The van der Waals surface area contributed by atoms with E-state index in [2.05, 4.69) is 15.9 Å². The summed E-state index contributed by atoms with van der Waals surface area (Å²) in [6, 6.07) is 7.88. The molecule has 0 aliphatic carbocycles. The highest BCUT2D eigenvalue weighted by molar-refractivity contribution is 9.10. The lowest BCUT2D eigenvalue weighted by Gasteiger charge is -2.39. The number of halogens is 4. The summed E-state index contributed by atoms with van der Waals surface area (Å²) in [6.07, 6.45) is 0.395. The summed E-state index contributed by atoms with van der Waals surface area (Å²) in [6.45, 7) is 5.26. The molecule has 1 heterocycles. The van der Waals surface area contributed by atoms with Crippen LogP contribution in [0.1, 0.15) is 44.4 Å². The fraction of sp³-hybridized carbons (Fsp3) is 0.350. The van der Waals surface area contributed by atoms with Gasteiger partial charge in [0.1, 0.15) is 5.60 Å². The number of nitrogens with zero attached hydrogens (tertiary/aromatic N) is 1. The lowest BCUT2D eigenvalue weighted by atomic mass is 9.91. The summed E-state index contributed by atoms with van der Waals surface area (Å²) < 4.78 is 33.6. The number of anilines is 1. The Kier molecular flexibility index (Phi) is 5.50. The van der Waals surface area contributed by atoms with Gasteiger partial charge >= 0.3 is 6.09 Å². The number of rotatable bonds is 1. The molecule has 0 aromatic heterocycles. The van der Waals surface area contributed by atoms with Gasteiger partial charge in [-0.2, -0.15) is 0 Å². The van der Waals surface area contributed by atoms with Crippen LogP contribution in [-0.4, -0.2) is 11.7 Å². The predicted molar refractivity (Wildman–Crippen MR) is 105 cm³/mol. The van der Waals surface area contributed by atoms with Gasteiger partial charge in [0.2, 0.25) is 0 Å². The molecule has 1 aliphatic heterocycles. The first-order valence-corrected chi connectivity index (χ1v) is 9.69. The van der Waals surface area contributed by atoms with Crippen LogP contribution in [0, 0.1) is 11.6 Å². The molecule has 7 heteroatoms. The molecule has 0 radical (unpaired) electrons. The van der Waals surface area contributed by atoms with Crippen molar-refractivity contribution in [1.82, 2.24) is 0 Å². The van der Waals surface area contributed by atoms with E-state index in [1.165, 1.54) is 4.90 Å². The molecule has 0 spiro atoms. The van der Waals surface area contributed by atoms with E-state index in [4.69, 9.17) is 16.3 Å². The minimum atomic E-state index is -1.03. The second-order valence-electron chi connectivity index (χ2n) is 7.45. The number of aryl methyl sites for hydroxylation is 1. The maximum absolute atomic E-state index is 14.3. The fourth-order valence-electron chi connectivity index (χ4n) is 3.22. The molecule has 27 heavy (non-hydrogen) atoms. The normalized spacial score (nSPS) is 16.9. The summed E-state index contributed by atoms with van der Waals surface area (Å²) in [5, 5.41) is 0.534. The van der Waals surface area contributed by atoms with Gasteiger partial charge in [0.15, 0.2) is 11.6 Å². The van der Waals surface area contributed by atoms with E-state index in [0.29, 0.717) is 29.1 Å². The third-order valence-corrected chi connectivity index (χ3v) is 5.24. The first-order valence-electron chi connectivity index (χ1n) is 8.52. The van der Waals surface area contributed by atoms with Crippen molar-refractivity contribution < 1.29 is 18.3 Å². The molecule has 0 N–H and O–H groups in total. The van der Waals surface area contributed by atoms with Crippen molar-refractivity contribution in [3.8, 4) is 0 Å². The Hall–Kier alpha value is -1.66. The van der Waals surface area contributed by atoms with E-state index < -0.39 is 29.4 Å². The Morgan fingerprint density at radius 1 is 1.30 bits per heavy atom. The van der Waals surface area contributed by atoms with E-state index in [9.17, 15) is 13.6 Å². The van der Waals surface area contributed by atoms with Crippen LogP contribution in [0.4, 0.5) is 19.3 Å². The van der Waals surface area contributed by atoms with Crippen LogP contribution >= 0.6 is 27.5 Å². The summed E-state index contributed by atoms with van der Waals surface area (Å²) in [4.78, 5) is 14.4. The molecule has 2 aromatic carbocycles. The Bertz CT molecular complexity index is 898. The number of ether oxygens (including phenoxy) is 1. The zero-order valence-corrected chi connectivity index (χ0v) is 17.5. The quantitative estimate of drug-likeness (QED) is 0.439. The van der Waals surface area contributed by atoms with Gasteiger partial charge in [-0.25, -0.2) is 13.6 Å². The van der Waals surface area contributed by atoms with Gasteiger partial charge in [-0.3, -0.25) is 4.90 Å². The van der Waals surface area contributed by atoms with E-state index in [1.807, 2.05) is 6.07 Å². The third kappa shape index (κ3) is 4.11. The molecule has 144 valence electrons. The Morgan fingerprint density at radius 2 is 2.00 bits per heavy atom. The molecule has 3 rings (SSSR count). The van der Waals surface area contributed by atoms with Crippen molar-refractivity contribution in [2.75, 3.05) is 4.90 Å². The van der Waals surface area contributed by atoms with E-state index in [1.54, 1.807) is 39.0 Å². The van der Waals surface area contributed by atoms with Gasteiger partial charge in [0, 0.05) is 5.02 Å². The minimum Gasteiger partial charge on any atom is -0.443 e. The minimum absolute atomic E-state index is 0.0879. The largest absolute Gasteiger partial charge is 0.443 e. The van der Waals surface area contributed by atoms with Crippen LogP contribution < -0.4 is 4.90 Å². The Balaban J connectivity index is 2.16. The number of carbonyl (C=O) groups is 1. The number of hydrogen-bond acceptors (Lipinski definition) is 2. The molecule has 0 saturated carbocycles. The summed E-state index contributed by atoms with van der Waals surface area (Å²) in [5.41, 5.74) is 0.901. The molecule has 3 nitrogen and oxygen atoms in total. The molecule has 0 bridgehead atoms. The topological polar surface area (TPSA) is 29.5 Å². The zero-order valence-electron chi connectivity index (χ0n) is 15.2. The van der Waals surface area contributed by atoms with E-state index in [0.717, 1.165) is 11.6 Å². The SMILES string of the molecule is CC(C)(C)OC(=O)N1c2c(cc(F)c(F)c2Br)CCC1c1cccc(Cl)c1. The highest BCUT2D eigenvalue weighted by atomic mass is 79.9. The standard InChI is InChI=1S/C20H19BrClF2NO2/c1-20(2,3)27-19(26)25-15(11-5-4-6-13(22)9-11)8-7-12-10-14(23)17(24)16(21)18(12)25/h4-6,9-10,15H,7-8H2,1-3H3. The lowest BCUT2D eigenvalue weighted by Crippen LogP contribution is -2.42. The molecule has 1 atom stereocenters. The first-order chi connectivity index (χ1) is 12.6. The summed E-state index contributed by atoms with van der Waals surface area (Å²) >= 11 is 9.25. The maximum Gasteiger partial charge on any atom is 0.415 e. The summed E-state index contributed by atoms with van der Waals surface area (Å²) in [5.74, 6) is -1.99. The maximum atomic E-state index is 14.3. The second-order valence-corrected chi connectivity index (χ2v) is 8.68. The van der Waals surface area contributed by atoms with Crippen molar-refractivity contribution >= 4 is 39.3 Å². The van der Waals surface area contributed by atoms with Crippen LogP contribution in [0.5, 0.6) is 0 Å². The van der Waals surface area contributed by atoms with Crippen molar-refractivity contribution in [3.63, 3.8) is 0 Å². The average molecular weight is 459 g/mol. The van der Waals surface area contributed by atoms with Crippen LogP contribution in [0.3, 0.4) is 0 Å². The van der Waals surface area contributed by atoms with Gasteiger partial charge in [-0.05, 0) is 78.9 Å². The van der Waals surface area contributed by atoms with Crippen LogP contribution in [0.2, 0.25) is 5.02 Å². The molecule has 2 aromatic rings. The highest BCUT2D eigenvalue weighted by Gasteiger charge is 2.38. The van der Waals surface area contributed by atoms with Crippen molar-refractivity contribution in [1.29, 1.82) is 0 Å². The number of hydrogen-bond donors (Lipinski definition) is 0. The van der Waals surface area contributed by atoms with Crippen LogP contribution in [0.15, 0.2) is 34.8 Å². The van der Waals surface area contributed by atoms with Gasteiger partial charge < -0.3 is 4.74 Å². The molecule has 0 saturated heterocycles. The summed E-state index contributed by atoms with van der Waals surface area (Å²) in [7, 11) is 0. The van der Waals surface area contributed by atoms with Gasteiger partial charge in [0.25, 0.3) is 0 Å². The number of benzene rings is 2. The third-order valence-electron chi connectivity index (χ3n) is 4.28. The van der Waals surface area contributed by atoms with Gasteiger partial charge in [0.05, 0.1) is 16.2 Å². The molecular formula is C20H19BrClF2NO2. The number of carbonyl (C=O) groups excluding carboxylic acids is 1. The molecular weight excluding hydrogens is 440 g/mol. The molecule has 1 amide bonds. The highest BCUT2D eigenvalue weighted by Crippen LogP contribution is 2.45. The molecule has 0 fully saturated rings. The van der Waals surface area contributed by atoms with Gasteiger partial charge in [-0.1, -0.05) is 23.7 Å². The van der Waals surface area contributed by atoms with Crippen LogP contribution in [0.25, 0.3) is 0 Å². The monoisotopic (exact) mass is 457 g/mol. The predicted octanol–water partition coefficient (Wildman–Crippen LogP) is 6.81. The molecule has 1 aliphatic rings. The molecule has 1 unspecified atom stereocenters. The number of amides is 1. The van der Waals surface area contributed by atoms with E-state index in [-0.39, 0.29) is 4.47 Å². The van der Waals surface area contributed by atoms with Gasteiger partial charge in [-0.15, -0.1) is 0 Å². The van der Waals surface area contributed by atoms with Crippen molar-refractivity contribution in [3.05, 3.63) is 62.6 Å². The lowest BCUT2D eigenvalue weighted by molar-refractivity contribution is 0.0559. The van der Waals surface area contributed by atoms with Crippen molar-refractivity contribution in [2.24, 2.45) is 0 Å². The second kappa shape index (κ2) is 7.40. The average Bonchev–Trinajstić information content (AvgIpc) is 2.57. The van der Waals surface area contributed by atoms with Crippen LogP contribution in [-0.2, 0) is 11.2 Å². The first kappa shape index (κ1) is 20.1. The van der Waals surface area contributed by atoms with Crippen molar-refractivity contribution in [2.45, 2.75) is 45.3 Å². The Morgan fingerprint density at radius 3 is 2.63 bits per heavy atom. The zero-order chi connectivity index (χ0) is 19.9. The van der Waals surface area contributed by atoms with E-state index >= 15 is 0 Å².